The molecule has 4 rings (SSSR count). The second-order valence-electron chi connectivity index (χ2n) is 15.4. The molecule has 0 saturated heterocycles. The van der Waals surface area contributed by atoms with Crippen LogP contribution in [-0.2, 0) is 9.53 Å². The largest absolute Gasteiger partial charge is 0.462 e. The quantitative estimate of drug-likeness (QED) is 0.202. The molecule has 0 bridgehead atoms. The zero-order valence-corrected chi connectivity index (χ0v) is 25.8. The molecule has 0 aromatic heterocycles. The fraction of sp³-hybridized carbons (Fsp3) is 0.971. The highest BCUT2D eigenvalue weighted by Gasteiger charge is 2.60. The summed E-state index contributed by atoms with van der Waals surface area (Å²) in [5.41, 5.74) is 1.06. The van der Waals surface area contributed by atoms with Crippen LogP contribution in [0.2, 0.25) is 0 Å². The molecule has 0 heterocycles. The van der Waals surface area contributed by atoms with Gasteiger partial charge in [0.25, 0.3) is 0 Å². The van der Waals surface area contributed by atoms with Gasteiger partial charge in [0.1, 0.15) is 6.10 Å². The lowest BCUT2D eigenvalue weighted by atomic mass is 9.44. The minimum absolute atomic E-state index is 0.0701. The monoisotopic (exact) mass is 514 g/mol. The number of esters is 1. The van der Waals surface area contributed by atoms with Crippen LogP contribution in [-0.4, -0.2) is 12.1 Å². The Bertz CT molecular complexity index is 744. The van der Waals surface area contributed by atoms with E-state index in [0.29, 0.717) is 17.3 Å². The van der Waals surface area contributed by atoms with Crippen molar-refractivity contribution in [3.05, 3.63) is 0 Å². The van der Waals surface area contributed by atoms with Crippen molar-refractivity contribution < 1.29 is 9.53 Å². The predicted octanol–water partition coefficient (Wildman–Crippen LogP) is 10.2. The topological polar surface area (TPSA) is 26.3 Å². The van der Waals surface area contributed by atoms with Crippen molar-refractivity contribution in [2.75, 3.05) is 0 Å². The van der Waals surface area contributed by atoms with Crippen LogP contribution < -0.4 is 0 Å². The normalized spacial score (nSPS) is 41.0. The van der Waals surface area contributed by atoms with Crippen molar-refractivity contribution in [1.29, 1.82) is 0 Å². The highest BCUT2D eigenvalue weighted by molar-refractivity contribution is 5.69. The van der Waals surface area contributed by atoms with Crippen molar-refractivity contribution in [3.63, 3.8) is 0 Å². The standard InChI is InChI=1S/C35H62O2/c1-8-9-10-11-12-33(36)37-28-19-21-34(6)27(23-28)15-16-29-31-18-17-30(35(31,7)22-20-32(29)34)26(5)14-13-25(4)24(2)3/h24-32H,8-23H2,1-7H3/t25-,26+,27-,28-,29-,30+,31-,32-,34-,35+/m0/s1. The van der Waals surface area contributed by atoms with E-state index in [1.54, 1.807) is 0 Å². The molecular weight excluding hydrogens is 452 g/mol. The maximum absolute atomic E-state index is 12.5. The van der Waals surface area contributed by atoms with Crippen molar-refractivity contribution in [3.8, 4) is 0 Å². The predicted molar refractivity (Wildman–Crippen MR) is 156 cm³/mol. The molecule has 0 N–H and O–H groups in total. The Morgan fingerprint density at radius 2 is 1.57 bits per heavy atom. The highest BCUT2D eigenvalue weighted by atomic mass is 16.5. The van der Waals surface area contributed by atoms with Gasteiger partial charge in [-0.2, -0.15) is 0 Å². The molecule has 0 unspecified atom stereocenters. The summed E-state index contributed by atoms with van der Waals surface area (Å²) in [7, 11) is 0. The average molecular weight is 515 g/mol. The van der Waals surface area contributed by atoms with Gasteiger partial charge in [0, 0.05) is 6.42 Å². The fourth-order valence-electron chi connectivity index (χ4n) is 10.3. The minimum atomic E-state index is 0.0701. The summed E-state index contributed by atoms with van der Waals surface area (Å²) in [6, 6.07) is 0. The molecule has 4 aliphatic carbocycles. The third kappa shape index (κ3) is 6.14. The lowest BCUT2D eigenvalue weighted by Gasteiger charge is -2.61. The number of rotatable bonds is 11. The molecule has 2 nitrogen and oxygen atoms in total. The first kappa shape index (κ1) is 29.5. The SMILES string of the molecule is CCCCCCC(=O)O[C@H]1CC[C@@]2(C)[C@@H](CC[C@@H]3[C@@H]2CC[C@]2(C)[C@@H]([C@H](C)CC[C@H](C)C(C)C)CC[C@@H]32)C1. The Morgan fingerprint density at radius 3 is 2.30 bits per heavy atom. The summed E-state index contributed by atoms with van der Waals surface area (Å²) in [6.07, 6.45) is 20.5. The Labute approximate surface area is 230 Å². The average Bonchev–Trinajstić information content (AvgIpc) is 3.22. The number of ether oxygens (including phenoxy) is 1. The lowest BCUT2D eigenvalue weighted by molar-refractivity contribution is -0.162. The van der Waals surface area contributed by atoms with E-state index in [4.69, 9.17) is 4.74 Å². The van der Waals surface area contributed by atoms with Crippen molar-refractivity contribution in [2.24, 2.45) is 58.2 Å². The fourth-order valence-corrected chi connectivity index (χ4v) is 10.3. The molecule has 0 aliphatic heterocycles. The molecule has 37 heavy (non-hydrogen) atoms. The summed E-state index contributed by atoms with van der Waals surface area (Å²) < 4.78 is 6.04. The van der Waals surface area contributed by atoms with Crippen LogP contribution >= 0.6 is 0 Å². The van der Waals surface area contributed by atoms with Gasteiger partial charge in [0.05, 0.1) is 0 Å². The van der Waals surface area contributed by atoms with E-state index in [0.717, 1.165) is 73.0 Å². The van der Waals surface area contributed by atoms with E-state index in [2.05, 4.69) is 48.5 Å². The first-order valence-corrected chi connectivity index (χ1v) is 16.8. The number of fused-ring (bicyclic) bond motifs is 5. The Morgan fingerprint density at radius 1 is 0.838 bits per heavy atom. The Kier molecular flexibility index (Phi) is 9.81. The maximum Gasteiger partial charge on any atom is 0.306 e. The van der Waals surface area contributed by atoms with Gasteiger partial charge in [-0.1, -0.05) is 80.6 Å². The third-order valence-electron chi connectivity index (χ3n) is 13.1. The van der Waals surface area contributed by atoms with Gasteiger partial charge in [-0.05, 0) is 122 Å². The van der Waals surface area contributed by atoms with E-state index >= 15 is 0 Å². The Balaban J connectivity index is 1.34. The van der Waals surface area contributed by atoms with E-state index < -0.39 is 0 Å². The summed E-state index contributed by atoms with van der Waals surface area (Å²) >= 11 is 0. The van der Waals surface area contributed by atoms with E-state index in [9.17, 15) is 4.79 Å². The molecule has 0 aromatic carbocycles. The molecule has 4 fully saturated rings. The third-order valence-corrected chi connectivity index (χ3v) is 13.1. The van der Waals surface area contributed by atoms with Crippen LogP contribution in [0.25, 0.3) is 0 Å². The summed E-state index contributed by atoms with van der Waals surface area (Å²) in [5, 5.41) is 0. The van der Waals surface area contributed by atoms with Gasteiger partial charge >= 0.3 is 5.97 Å². The number of hydrogen-bond acceptors (Lipinski definition) is 2. The minimum Gasteiger partial charge on any atom is -0.462 e. The second kappa shape index (κ2) is 12.3. The molecule has 0 aromatic rings. The molecular formula is C35H62O2. The molecule has 0 spiro atoms. The van der Waals surface area contributed by atoms with Crippen LogP contribution in [0.1, 0.15) is 151 Å². The second-order valence-corrected chi connectivity index (χ2v) is 15.4. The van der Waals surface area contributed by atoms with Crippen LogP contribution in [0, 0.1) is 58.2 Å². The molecule has 4 saturated carbocycles. The Hall–Kier alpha value is -0.530. The molecule has 10 atom stereocenters. The van der Waals surface area contributed by atoms with Gasteiger partial charge in [-0.15, -0.1) is 0 Å². The zero-order chi connectivity index (χ0) is 26.8. The van der Waals surface area contributed by atoms with Crippen LogP contribution in [0.5, 0.6) is 0 Å². The van der Waals surface area contributed by atoms with E-state index in [-0.39, 0.29) is 12.1 Å². The van der Waals surface area contributed by atoms with E-state index in [1.165, 1.54) is 70.6 Å². The summed E-state index contributed by atoms with van der Waals surface area (Å²) in [6.45, 7) is 17.5. The van der Waals surface area contributed by atoms with Gasteiger partial charge < -0.3 is 4.74 Å². The number of hydrogen-bond donors (Lipinski definition) is 0. The molecule has 214 valence electrons. The van der Waals surface area contributed by atoms with Crippen molar-refractivity contribution in [1.82, 2.24) is 0 Å². The molecule has 4 aliphatic rings. The van der Waals surface area contributed by atoms with Crippen LogP contribution in [0.4, 0.5) is 0 Å². The summed E-state index contributed by atoms with van der Waals surface area (Å²) in [5.74, 6) is 7.14. The number of carbonyl (C=O) groups excluding carboxylic acids is 1. The maximum atomic E-state index is 12.5. The highest BCUT2D eigenvalue weighted by Crippen LogP contribution is 2.68. The summed E-state index contributed by atoms with van der Waals surface area (Å²) in [4.78, 5) is 12.5. The number of unbranched alkanes of at least 4 members (excludes halogenated alkanes) is 3. The lowest BCUT2D eigenvalue weighted by Crippen LogP contribution is -2.54. The van der Waals surface area contributed by atoms with Gasteiger partial charge in [0.15, 0.2) is 0 Å². The van der Waals surface area contributed by atoms with Crippen molar-refractivity contribution in [2.45, 2.75) is 157 Å². The van der Waals surface area contributed by atoms with Gasteiger partial charge in [-0.25, -0.2) is 0 Å². The molecule has 2 heteroatoms. The number of carbonyl (C=O) groups is 1. The van der Waals surface area contributed by atoms with E-state index in [1.807, 2.05) is 0 Å². The first-order valence-electron chi connectivity index (χ1n) is 16.8. The molecule has 0 radical (unpaired) electrons. The first-order chi connectivity index (χ1) is 17.6. The van der Waals surface area contributed by atoms with Crippen LogP contribution in [0.15, 0.2) is 0 Å². The smallest absolute Gasteiger partial charge is 0.306 e. The molecule has 0 amide bonds. The van der Waals surface area contributed by atoms with Gasteiger partial charge in [0.2, 0.25) is 0 Å². The van der Waals surface area contributed by atoms with Crippen molar-refractivity contribution >= 4 is 5.97 Å². The van der Waals surface area contributed by atoms with Gasteiger partial charge in [-0.3, -0.25) is 4.79 Å². The van der Waals surface area contributed by atoms with Crippen LogP contribution in [0.3, 0.4) is 0 Å². The zero-order valence-electron chi connectivity index (χ0n) is 25.8.